The lowest BCUT2D eigenvalue weighted by molar-refractivity contribution is -0.0690. The zero-order valence-electron chi connectivity index (χ0n) is 12.3. The van der Waals surface area contributed by atoms with E-state index in [0.29, 0.717) is 5.46 Å². The minimum absolute atomic E-state index is 0.219. The van der Waals surface area contributed by atoms with Crippen LogP contribution < -0.4 is 10.2 Å². The van der Waals surface area contributed by atoms with Crippen molar-refractivity contribution in [3.05, 3.63) is 18.3 Å². The zero-order chi connectivity index (χ0) is 15.8. The fourth-order valence-corrected chi connectivity index (χ4v) is 1.75. The van der Waals surface area contributed by atoms with Crippen LogP contribution in [0, 0.1) is 0 Å². The molecule has 1 fully saturated rings. The Kier molecular flexibility index (Phi) is 4.21. The number of hydrogen-bond acceptors (Lipinski definition) is 4. The molecule has 0 aromatic carbocycles. The minimum Gasteiger partial charge on any atom is -0.437 e. The summed E-state index contributed by atoms with van der Waals surface area (Å²) in [6.07, 6.45) is -4.55. The Morgan fingerprint density at radius 3 is 2.10 bits per heavy atom. The highest BCUT2D eigenvalue weighted by Gasteiger charge is 2.51. The molecule has 0 aliphatic carbocycles. The van der Waals surface area contributed by atoms with Gasteiger partial charge >= 0.3 is 13.5 Å². The Balaban J connectivity index is 2.07. The van der Waals surface area contributed by atoms with Crippen LogP contribution >= 0.6 is 0 Å². The van der Waals surface area contributed by atoms with E-state index in [9.17, 15) is 13.2 Å². The van der Waals surface area contributed by atoms with Crippen molar-refractivity contribution in [1.29, 1.82) is 0 Å². The minimum atomic E-state index is -3.21. The van der Waals surface area contributed by atoms with Crippen LogP contribution in [0.3, 0.4) is 0 Å². The predicted molar refractivity (Wildman–Crippen MR) is 71.5 cm³/mol. The average molecular weight is 303 g/mol. The maximum absolute atomic E-state index is 12.8. The van der Waals surface area contributed by atoms with Gasteiger partial charge in [0.15, 0.2) is 0 Å². The van der Waals surface area contributed by atoms with Gasteiger partial charge in [-0.05, 0) is 27.7 Å². The quantitative estimate of drug-likeness (QED) is 0.800. The van der Waals surface area contributed by atoms with Crippen molar-refractivity contribution in [1.82, 2.24) is 4.98 Å². The molecule has 0 amide bonds. The van der Waals surface area contributed by atoms with E-state index < -0.39 is 31.1 Å². The van der Waals surface area contributed by atoms with Crippen LogP contribution in [0.5, 0.6) is 5.88 Å². The number of aromatic nitrogens is 1. The second-order valence-corrected chi connectivity index (χ2v) is 5.82. The summed E-state index contributed by atoms with van der Waals surface area (Å²) >= 11 is 0. The molecule has 0 bridgehead atoms. The summed E-state index contributed by atoms with van der Waals surface area (Å²) in [6, 6.07) is 2.85. The van der Waals surface area contributed by atoms with Crippen LogP contribution in [0.25, 0.3) is 0 Å². The second kappa shape index (κ2) is 5.49. The van der Waals surface area contributed by atoms with Crippen LogP contribution in [-0.2, 0) is 9.31 Å². The molecule has 21 heavy (non-hydrogen) atoms. The lowest BCUT2D eigenvalue weighted by Crippen LogP contribution is -2.41. The molecule has 2 heterocycles. The molecule has 1 saturated heterocycles. The Morgan fingerprint density at radius 1 is 1.10 bits per heavy atom. The predicted octanol–water partition coefficient (Wildman–Crippen LogP) is 2.32. The summed E-state index contributed by atoms with van der Waals surface area (Å²) in [6.45, 7) is 7.64. The van der Waals surface area contributed by atoms with Gasteiger partial charge in [-0.15, -0.1) is 0 Å². The largest absolute Gasteiger partial charge is 0.496 e. The number of rotatable bonds is 4. The monoisotopic (exact) mass is 303 g/mol. The van der Waals surface area contributed by atoms with Crippen LogP contribution in [-0.4, -0.2) is 36.1 Å². The fourth-order valence-electron chi connectivity index (χ4n) is 1.75. The summed E-state index contributed by atoms with van der Waals surface area (Å²) in [4.78, 5) is 3.79. The van der Waals surface area contributed by atoms with E-state index in [1.54, 1.807) is 6.07 Å². The van der Waals surface area contributed by atoms with E-state index in [1.165, 1.54) is 12.3 Å². The van der Waals surface area contributed by atoms with Gasteiger partial charge in [0.05, 0.1) is 11.2 Å². The molecule has 0 saturated carbocycles. The maximum Gasteiger partial charge on any atom is 0.496 e. The molecule has 4 nitrogen and oxygen atoms in total. The van der Waals surface area contributed by atoms with Crippen molar-refractivity contribution in [3.63, 3.8) is 0 Å². The number of halogens is 3. The first-order chi connectivity index (χ1) is 9.62. The molecule has 0 spiro atoms. The van der Waals surface area contributed by atoms with Gasteiger partial charge in [-0.1, -0.05) is 6.07 Å². The lowest BCUT2D eigenvalue weighted by atomic mass is 9.80. The van der Waals surface area contributed by atoms with Gasteiger partial charge in [-0.2, -0.15) is 4.39 Å². The van der Waals surface area contributed by atoms with Gasteiger partial charge in [0.2, 0.25) is 5.88 Å². The van der Waals surface area contributed by atoms with Crippen LogP contribution in [0.2, 0.25) is 0 Å². The highest BCUT2D eigenvalue weighted by molar-refractivity contribution is 6.62. The van der Waals surface area contributed by atoms with E-state index in [-0.39, 0.29) is 5.88 Å². The van der Waals surface area contributed by atoms with Gasteiger partial charge < -0.3 is 14.0 Å². The van der Waals surface area contributed by atoms with Gasteiger partial charge in [-0.3, -0.25) is 0 Å². The van der Waals surface area contributed by atoms with Crippen LogP contribution in [0.1, 0.15) is 27.7 Å². The number of ether oxygens (including phenoxy) is 1. The summed E-state index contributed by atoms with van der Waals surface area (Å²) in [5.41, 5.74) is -0.382. The fraction of sp³-hybridized carbons (Fsp3) is 0.615. The van der Waals surface area contributed by atoms with Gasteiger partial charge in [0.25, 0.3) is 6.36 Å². The van der Waals surface area contributed by atoms with E-state index >= 15 is 0 Å². The first-order valence-electron chi connectivity index (χ1n) is 6.53. The Bertz CT molecular complexity index is 480. The van der Waals surface area contributed by atoms with Crippen LogP contribution in [0.15, 0.2) is 18.3 Å². The smallest absolute Gasteiger partial charge is 0.437 e. The number of hydrogen-bond donors (Lipinski definition) is 0. The summed E-state index contributed by atoms with van der Waals surface area (Å²) in [5.74, 6) is -0.219. The van der Waals surface area contributed by atoms with Crippen LogP contribution in [0.4, 0.5) is 13.2 Å². The summed E-state index contributed by atoms with van der Waals surface area (Å²) in [7, 11) is -0.618. The molecular weight excluding hydrogens is 286 g/mol. The number of nitrogens with zero attached hydrogens (tertiary/aromatic N) is 1. The first-order valence-corrected chi connectivity index (χ1v) is 6.53. The van der Waals surface area contributed by atoms with E-state index in [0.717, 1.165) is 0 Å². The van der Waals surface area contributed by atoms with Crippen molar-refractivity contribution < 1.29 is 27.2 Å². The molecule has 1 aromatic rings. The molecule has 0 radical (unpaired) electrons. The molecule has 1 aromatic heterocycles. The molecule has 116 valence electrons. The molecule has 1 atom stereocenters. The van der Waals surface area contributed by atoms with Crippen molar-refractivity contribution in [3.8, 4) is 5.88 Å². The number of alkyl halides is 3. The third-order valence-electron chi connectivity index (χ3n) is 3.72. The molecule has 8 heteroatoms. The molecular formula is C13H17BF3NO3. The SMILES string of the molecule is CC1(C)OB(c2ccc(OC(F)C(F)F)nc2)OC1(C)C. The first kappa shape index (κ1) is 16.1. The molecule has 1 unspecified atom stereocenters. The van der Waals surface area contributed by atoms with Gasteiger partial charge in [-0.25, -0.2) is 13.8 Å². The molecule has 0 N–H and O–H groups in total. The molecule has 2 rings (SSSR count). The van der Waals surface area contributed by atoms with E-state index in [1.807, 2.05) is 27.7 Å². The van der Waals surface area contributed by atoms with Crippen molar-refractivity contribution in [2.45, 2.75) is 51.7 Å². The van der Waals surface area contributed by atoms with Crippen molar-refractivity contribution in [2.24, 2.45) is 0 Å². The third kappa shape index (κ3) is 3.32. The second-order valence-electron chi connectivity index (χ2n) is 5.82. The lowest BCUT2D eigenvalue weighted by Gasteiger charge is -2.32. The molecule has 1 aliphatic heterocycles. The Hall–Kier alpha value is -1.28. The summed E-state index contributed by atoms with van der Waals surface area (Å²) in [5, 5.41) is 0. The maximum atomic E-state index is 12.8. The highest BCUT2D eigenvalue weighted by Crippen LogP contribution is 2.36. The van der Waals surface area contributed by atoms with E-state index in [4.69, 9.17) is 9.31 Å². The summed E-state index contributed by atoms with van der Waals surface area (Å²) < 4.78 is 52.8. The van der Waals surface area contributed by atoms with Crippen molar-refractivity contribution >= 4 is 12.6 Å². The standard InChI is InChI=1S/C13H17BF3NO3/c1-12(2)13(3,4)21-14(20-12)8-5-6-9(18-7-8)19-11(17)10(15)16/h5-7,10-11H,1-4H3. The van der Waals surface area contributed by atoms with Gasteiger partial charge in [0, 0.05) is 17.7 Å². The highest BCUT2D eigenvalue weighted by atomic mass is 19.3. The zero-order valence-corrected chi connectivity index (χ0v) is 12.3. The van der Waals surface area contributed by atoms with Gasteiger partial charge in [0.1, 0.15) is 0 Å². The third-order valence-corrected chi connectivity index (χ3v) is 3.72. The van der Waals surface area contributed by atoms with Crippen molar-refractivity contribution in [2.75, 3.05) is 0 Å². The Labute approximate surface area is 121 Å². The van der Waals surface area contributed by atoms with E-state index in [2.05, 4.69) is 9.72 Å². The average Bonchev–Trinajstić information content (AvgIpc) is 2.59. The molecule has 1 aliphatic rings. The Morgan fingerprint density at radius 2 is 1.67 bits per heavy atom. The number of pyridine rings is 1. The topological polar surface area (TPSA) is 40.6 Å². The normalized spacial score (nSPS) is 21.6.